The summed E-state index contributed by atoms with van der Waals surface area (Å²) in [5.41, 5.74) is 1.17. The van der Waals surface area contributed by atoms with E-state index in [1.165, 1.54) is 25.7 Å². The van der Waals surface area contributed by atoms with Crippen LogP contribution in [-0.2, 0) is 14.2 Å². The predicted octanol–water partition coefficient (Wildman–Crippen LogP) is 10.7. The van der Waals surface area contributed by atoms with Crippen molar-refractivity contribution in [3.63, 3.8) is 0 Å². The molecule has 5 fully saturated rings. The number of aliphatic hydroxyl groups is 1. The summed E-state index contributed by atoms with van der Waals surface area (Å²) >= 11 is 0. The molecule has 5 aliphatic rings. The molecule has 266 valence electrons. The topological polar surface area (TPSA) is 65.0 Å². The van der Waals surface area contributed by atoms with E-state index in [1.807, 2.05) is 85.7 Å². The molecule has 1 heterocycles. The lowest BCUT2D eigenvalue weighted by molar-refractivity contribution is -0.242. The standard InChI is InChI=1S/C33H48O5.4C2H6/c1-22(8-7-17-34)25-11-12-26-29-27(13-14-32(25,26)3)31(2)15-16-33(36-18-19-37-33)21-24(31)20-28(29)38-30(35)23-9-5-4-6-10-23;4*1-2/h4-6,9-10,22,24-29,34H,7-8,11-21H2,1-3H3;4*1-2H3/t22-,24+,25?,26?,27?,28-,29?,31?,32?;;;;/m1..../s1. The number of aliphatic hydroxyl groups excluding tert-OH is 1. The first-order valence-corrected chi connectivity index (χ1v) is 19.4. The van der Waals surface area contributed by atoms with Crippen LogP contribution in [-0.4, -0.2) is 42.8 Å². The molecule has 1 aromatic rings. The van der Waals surface area contributed by atoms with Crippen molar-refractivity contribution in [2.24, 2.45) is 46.3 Å². The van der Waals surface area contributed by atoms with Crippen molar-refractivity contribution >= 4 is 5.97 Å². The van der Waals surface area contributed by atoms with Gasteiger partial charge in [0.15, 0.2) is 5.79 Å². The van der Waals surface area contributed by atoms with Crippen LogP contribution in [0.5, 0.6) is 0 Å². The van der Waals surface area contributed by atoms with Crippen LogP contribution in [0.2, 0.25) is 0 Å². The van der Waals surface area contributed by atoms with E-state index < -0.39 is 5.79 Å². The molecular weight excluding hydrogens is 572 g/mol. The van der Waals surface area contributed by atoms with Gasteiger partial charge in [-0.15, -0.1) is 0 Å². The normalized spacial score (nSPS) is 35.4. The number of carbonyl (C=O) groups excluding carboxylic acids is 1. The van der Waals surface area contributed by atoms with Crippen molar-refractivity contribution in [3.05, 3.63) is 35.9 Å². The molecule has 1 N–H and O–H groups in total. The number of benzene rings is 1. The maximum absolute atomic E-state index is 13.4. The van der Waals surface area contributed by atoms with Crippen LogP contribution in [0.1, 0.15) is 151 Å². The Morgan fingerprint density at radius 1 is 0.870 bits per heavy atom. The molecule has 1 aromatic carbocycles. The summed E-state index contributed by atoms with van der Waals surface area (Å²) in [6, 6.07) is 9.54. The number of hydrogen-bond acceptors (Lipinski definition) is 5. The fourth-order valence-electron chi connectivity index (χ4n) is 10.4. The van der Waals surface area contributed by atoms with Gasteiger partial charge in [-0.05, 0) is 104 Å². The Balaban J connectivity index is 0.000000856. The first-order chi connectivity index (χ1) is 22.3. The predicted molar refractivity (Wildman–Crippen MR) is 192 cm³/mol. The Morgan fingerprint density at radius 3 is 2.09 bits per heavy atom. The average Bonchev–Trinajstić information content (AvgIpc) is 3.72. The first kappa shape index (κ1) is 40.7. The fourth-order valence-corrected chi connectivity index (χ4v) is 10.4. The first-order valence-electron chi connectivity index (χ1n) is 19.4. The maximum atomic E-state index is 13.4. The van der Waals surface area contributed by atoms with Crippen molar-refractivity contribution in [1.29, 1.82) is 0 Å². The van der Waals surface area contributed by atoms with E-state index in [-0.39, 0.29) is 29.5 Å². The van der Waals surface area contributed by atoms with E-state index in [0.717, 1.165) is 38.5 Å². The molecule has 9 atom stereocenters. The zero-order valence-electron chi connectivity index (χ0n) is 31.7. The van der Waals surface area contributed by atoms with Gasteiger partial charge in [-0.25, -0.2) is 4.79 Å². The second kappa shape index (κ2) is 18.9. The second-order valence-corrected chi connectivity index (χ2v) is 13.9. The van der Waals surface area contributed by atoms with Crippen molar-refractivity contribution in [2.45, 2.75) is 152 Å². The van der Waals surface area contributed by atoms with Crippen LogP contribution in [0, 0.1) is 46.3 Å². The number of ether oxygens (including phenoxy) is 3. The van der Waals surface area contributed by atoms with E-state index in [2.05, 4.69) is 20.8 Å². The Kier molecular flexibility index (Phi) is 16.8. The lowest BCUT2D eigenvalue weighted by Gasteiger charge is -2.63. The third-order valence-electron chi connectivity index (χ3n) is 12.3. The van der Waals surface area contributed by atoms with Crippen LogP contribution >= 0.6 is 0 Å². The van der Waals surface area contributed by atoms with Crippen molar-refractivity contribution < 1.29 is 24.1 Å². The molecule has 4 saturated carbocycles. The quantitative estimate of drug-likeness (QED) is 0.312. The Bertz CT molecular complexity index is 990. The van der Waals surface area contributed by atoms with Crippen LogP contribution in [0.3, 0.4) is 0 Å². The minimum atomic E-state index is -0.422. The monoisotopic (exact) mass is 645 g/mol. The van der Waals surface area contributed by atoms with Crippen molar-refractivity contribution in [2.75, 3.05) is 19.8 Å². The number of rotatable bonds is 6. The highest BCUT2D eigenvalue weighted by molar-refractivity contribution is 5.89. The zero-order chi connectivity index (χ0) is 34.5. The lowest BCUT2D eigenvalue weighted by atomic mass is 9.43. The Morgan fingerprint density at radius 2 is 1.48 bits per heavy atom. The van der Waals surface area contributed by atoms with Gasteiger partial charge < -0.3 is 19.3 Å². The summed E-state index contributed by atoms with van der Waals surface area (Å²) in [4.78, 5) is 13.4. The fraction of sp³-hybridized carbons (Fsp3) is 0.829. The molecule has 5 heteroatoms. The molecule has 6 rings (SSSR count). The summed E-state index contributed by atoms with van der Waals surface area (Å²) < 4.78 is 19.0. The molecule has 6 unspecified atom stereocenters. The van der Waals surface area contributed by atoms with Gasteiger partial charge in [-0.3, -0.25) is 0 Å². The van der Waals surface area contributed by atoms with E-state index in [0.29, 0.717) is 54.3 Å². The minimum Gasteiger partial charge on any atom is -0.458 e. The van der Waals surface area contributed by atoms with Gasteiger partial charge in [-0.1, -0.05) is 94.4 Å². The molecule has 0 aromatic heterocycles. The van der Waals surface area contributed by atoms with E-state index in [4.69, 9.17) is 14.2 Å². The third kappa shape index (κ3) is 8.23. The molecule has 5 nitrogen and oxygen atoms in total. The maximum Gasteiger partial charge on any atom is 0.338 e. The highest BCUT2D eigenvalue weighted by Crippen LogP contribution is 2.69. The summed E-state index contributed by atoms with van der Waals surface area (Å²) in [6.45, 7) is 25.2. The number of fused-ring (bicyclic) bond motifs is 5. The van der Waals surface area contributed by atoms with Gasteiger partial charge in [0.25, 0.3) is 0 Å². The second-order valence-electron chi connectivity index (χ2n) is 13.9. The molecular formula is C41H72O5. The molecule has 1 saturated heterocycles. The largest absolute Gasteiger partial charge is 0.458 e. The minimum absolute atomic E-state index is 0.0570. The zero-order valence-corrected chi connectivity index (χ0v) is 31.7. The number of hydrogen-bond donors (Lipinski definition) is 1. The van der Waals surface area contributed by atoms with Crippen molar-refractivity contribution in [3.8, 4) is 0 Å². The lowest BCUT2D eigenvalue weighted by Crippen LogP contribution is -2.60. The van der Waals surface area contributed by atoms with Gasteiger partial charge >= 0.3 is 5.97 Å². The molecule has 46 heavy (non-hydrogen) atoms. The molecule has 0 radical (unpaired) electrons. The average molecular weight is 645 g/mol. The number of carbonyl (C=O) groups is 1. The molecule has 0 amide bonds. The molecule has 1 aliphatic heterocycles. The van der Waals surface area contributed by atoms with E-state index in [9.17, 15) is 9.90 Å². The van der Waals surface area contributed by atoms with Crippen LogP contribution in [0.25, 0.3) is 0 Å². The summed E-state index contributed by atoms with van der Waals surface area (Å²) in [7, 11) is 0. The van der Waals surface area contributed by atoms with Gasteiger partial charge in [0, 0.05) is 25.4 Å². The van der Waals surface area contributed by atoms with Gasteiger partial charge in [0.2, 0.25) is 0 Å². The summed E-state index contributed by atoms with van der Waals surface area (Å²) in [5.74, 6) is 2.72. The highest BCUT2D eigenvalue weighted by atomic mass is 16.7. The van der Waals surface area contributed by atoms with Gasteiger partial charge in [0.05, 0.1) is 18.8 Å². The van der Waals surface area contributed by atoms with Gasteiger partial charge in [-0.2, -0.15) is 0 Å². The molecule has 0 bridgehead atoms. The summed E-state index contributed by atoms with van der Waals surface area (Å²) in [5, 5.41) is 9.47. The number of esters is 1. The van der Waals surface area contributed by atoms with Crippen LogP contribution in [0.4, 0.5) is 0 Å². The Hall–Kier alpha value is -1.43. The van der Waals surface area contributed by atoms with E-state index >= 15 is 0 Å². The third-order valence-corrected chi connectivity index (χ3v) is 12.3. The van der Waals surface area contributed by atoms with Crippen molar-refractivity contribution in [1.82, 2.24) is 0 Å². The van der Waals surface area contributed by atoms with Gasteiger partial charge in [0.1, 0.15) is 6.10 Å². The van der Waals surface area contributed by atoms with E-state index in [1.54, 1.807) is 0 Å². The Labute approximate surface area is 283 Å². The van der Waals surface area contributed by atoms with Crippen LogP contribution in [0.15, 0.2) is 30.3 Å². The van der Waals surface area contributed by atoms with Crippen LogP contribution < -0.4 is 0 Å². The molecule has 1 spiro atoms. The summed E-state index contributed by atoms with van der Waals surface area (Å²) in [6.07, 6.45) is 10.9. The molecule has 4 aliphatic carbocycles. The SMILES string of the molecule is CC.CC.CC.CC.C[C@H](CCCO)C1CCC2C3C(CCC21C)C1(C)CCC2(C[C@@H]1C[C@H]3OC(=O)c1ccccc1)OCCO2. The smallest absolute Gasteiger partial charge is 0.338 e. The highest BCUT2D eigenvalue weighted by Gasteiger charge is 2.65.